The van der Waals surface area contributed by atoms with Gasteiger partial charge in [-0.25, -0.2) is 0 Å². The summed E-state index contributed by atoms with van der Waals surface area (Å²) in [5.74, 6) is 0.428. The molecule has 18 heavy (non-hydrogen) atoms. The minimum Gasteiger partial charge on any atom is -0.493 e. The number of nitrogens with one attached hydrogen (secondary N) is 1. The fraction of sp³-hybridized carbons (Fsp3) is 0.417. The highest BCUT2D eigenvalue weighted by atomic mass is 35.5. The smallest absolute Gasteiger partial charge is 0.251 e. The van der Waals surface area contributed by atoms with Crippen LogP contribution in [0.15, 0.2) is 12.1 Å². The molecule has 1 rings (SSSR count). The molecule has 0 aromatic heterocycles. The van der Waals surface area contributed by atoms with Gasteiger partial charge in [0.25, 0.3) is 5.91 Å². The summed E-state index contributed by atoms with van der Waals surface area (Å²) in [5.41, 5.74) is 0.346. The van der Waals surface area contributed by atoms with E-state index in [1.165, 1.54) is 26.4 Å². The molecule has 0 aliphatic carbocycles. The van der Waals surface area contributed by atoms with Crippen molar-refractivity contribution >= 4 is 17.5 Å². The molecule has 6 heteroatoms. The number of hydrogen-bond acceptors (Lipinski definition) is 4. The summed E-state index contributed by atoms with van der Waals surface area (Å²) in [6, 6.07) is 3.02. The first kappa shape index (κ1) is 14.6. The highest BCUT2D eigenvalue weighted by molar-refractivity contribution is 6.32. The number of carbonyl (C=O) groups is 1. The van der Waals surface area contributed by atoms with E-state index in [9.17, 15) is 4.79 Å². The van der Waals surface area contributed by atoms with Gasteiger partial charge >= 0.3 is 0 Å². The number of hydrogen-bond donors (Lipinski definition) is 2. The summed E-state index contributed by atoms with van der Waals surface area (Å²) in [6.07, 6.45) is -0.607. The normalized spacial score (nSPS) is 11.8. The second-order valence-corrected chi connectivity index (χ2v) is 4.16. The molecule has 1 aromatic carbocycles. The van der Waals surface area contributed by atoms with Crippen LogP contribution in [0.1, 0.15) is 17.3 Å². The van der Waals surface area contributed by atoms with Gasteiger partial charge in [0.1, 0.15) is 0 Å². The van der Waals surface area contributed by atoms with E-state index >= 15 is 0 Å². The maximum atomic E-state index is 11.8. The Morgan fingerprint density at radius 1 is 1.44 bits per heavy atom. The van der Waals surface area contributed by atoms with E-state index in [4.69, 9.17) is 26.2 Å². The molecule has 0 bridgehead atoms. The van der Waals surface area contributed by atoms with Gasteiger partial charge in [-0.05, 0) is 19.1 Å². The minimum absolute atomic E-state index is 0.171. The molecule has 0 fully saturated rings. The SMILES string of the molecule is COc1cc(C(=O)NCC(C)O)cc(Cl)c1OC. The second kappa shape index (κ2) is 6.47. The number of methoxy groups -OCH3 is 2. The third-order valence-corrected chi connectivity index (χ3v) is 2.53. The molecule has 1 atom stereocenters. The number of rotatable bonds is 5. The van der Waals surface area contributed by atoms with Crippen molar-refractivity contribution in [2.24, 2.45) is 0 Å². The molecule has 2 N–H and O–H groups in total. The second-order valence-electron chi connectivity index (χ2n) is 3.75. The first-order chi connectivity index (χ1) is 8.49. The van der Waals surface area contributed by atoms with E-state index < -0.39 is 6.10 Å². The van der Waals surface area contributed by atoms with Crippen molar-refractivity contribution in [3.8, 4) is 11.5 Å². The van der Waals surface area contributed by atoms with Crippen LogP contribution in [0.25, 0.3) is 0 Å². The Kier molecular flexibility index (Phi) is 5.25. The van der Waals surface area contributed by atoms with Crippen LogP contribution in [0.2, 0.25) is 5.02 Å². The van der Waals surface area contributed by atoms with Crippen LogP contribution in [0, 0.1) is 0 Å². The van der Waals surface area contributed by atoms with Crippen LogP contribution in [-0.2, 0) is 0 Å². The van der Waals surface area contributed by atoms with Gasteiger partial charge in [0.15, 0.2) is 11.5 Å². The largest absolute Gasteiger partial charge is 0.493 e. The van der Waals surface area contributed by atoms with E-state index in [1.807, 2.05) is 0 Å². The van der Waals surface area contributed by atoms with Gasteiger partial charge in [-0.3, -0.25) is 4.79 Å². The zero-order valence-corrected chi connectivity index (χ0v) is 11.2. The van der Waals surface area contributed by atoms with E-state index in [-0.39, 0.29) is 12.5 Å². The van der Waals surface area contributed by atoms with E-state index in [0.717, 1.165) is 0 Å². The van der Waals surface area contributed by atoms with Gasteiger partial charge in [-0.1, -0.05) is 11.6 Å². The van der Waals surface area contributed by atoms with Crippen LogP contribution in [0.4, 0.5) is 0 Å². The van der Waals surface area contributed by atoms with Gasteiger partial charge in [0.05, 0.1) is 25.3 Å². The molecular formula is C12H16ClNO4. The third kappa shape index (κ3) is 3.51. The van der Waals surface area contributed by atoms with Crippen molar-refractivity contribution in [1.82, 2.24) is 5.32 Å². The van der Waals surface area contributed by atoms with E-state index in [1.54, 1.807) is 6.92 Å². The molecule has 1 aromatic rings. The summed E-state index contributed by atoms with van der Waals surface area (Å²) in [5, 5.41) is 12.0. The average Bonchev–Trinajstić information content (AvgIpc) is 2.34. The summed E-state index contributed by atoms with van der Waals surface area (Å²) in [7, 11) is 2.93. The predicted octanol–water partition coefficient (Wildman–Crippen LogP) is 1.47. The summed E-state index contributed by atoms with van der Waals surface area (Å²) >= 11 is 5.99. The zero-order chi connectivity index (χ0) is 13.7. The number of amides is 1. The Morgan fingerprint density at radius 2 is 2.11 bits per heavy atom. The molecule has 0 saturated heterocycles. The maximum Gasteiger partial charge on any atom is 0.251 e. The van der Waals surface area contributed by atoms with E-state index in [2.05, 4.69) is 5.32 Å². The number of halogens is 1. The lowest BCUT2D eigenvalue weighted by Crippen LogP contribution is -2.30. The topological polar surface area (TPSA) is 67.8 Å². The lowest BCUT2D eigenvalue weighted by Gasteiger charge is -2.12. The predicted molar refractivity (Wildman–Crippen MR) is 68.6 cm³/mol. The van der Waals surface area contributed by atoms with Crippen molar-refractivity contribution in [1.29, 1.82) is 0 Å². The van der Waals surface area contributed by atoms with Crippen LogP contribution in [-0.4, -0.2) is 37.9 Å². The van der Waals surface area contributed by atoms with Crippen molar-refractivity contribution in [3.63, 3.8) is 0 Å². The summed E-state index contributed by atoms with van der Waals surface area (Å²) in [6.45, 7) is 1.76. The fourth-order valence-electron chi connectivity index (χ4n) is 1.39. The quantitative estimate of drug-likeness (QED) is 0.852. The Labute approximate surface area is 111 Å². The molecule has 0 spiro atoms. The molecule has 0 heterocycles. The molecule has 0 aliphatic rings. The van der Waals surface area contributed by atoms with Crippen molar-refractivity contribution in [3.05, 3.63) is 22.7 Å². The minimum atomic E-state index is -0.607. The number of ether oxygens (including phenoxy) is 2. The van der Waals surface area contributed by atoms with Gasteiger partial charge in [-0.2, -0.15) is 0 Å². The standard InChI is InChI=1S/C12H16ClNO4/c1-7(15)6-14-12(16)8-4-9(13)11(18-3)10(5-8)17-2/h4-5,7,15H,6H2,1-3H3,(H,14,16). The molecule has 0 saturated carbocycles. The summed E-state index contributed by atoms with van der Waals surface area (Å²) < 4.78 is 10.2. The maximum absolute atomic E-state index is 11.8. The highest BCUT2D eigenvalue weighted by Crippen LogP contribution is 2.35. The average molecular weight is 274 g/mol. The zero-order valence-electron chi connectivity index (χ0n) is 10.5. The molecular weight excluding hydrogens is 258 g/mol. The molecule has 1 amide bonds. The van der Waals surface area contributed by atoms with Crippen molar-refractivity contribution in [2.75, 3.05) is 20.8 Å². The Hall–Kier alpha value is -1.46. The number of benzene rings is 1. The number of aliphatic hydroxyl groups is 1. The molecule has 0 aliphatic heterocycles. The first-order valence-corrected chi connectivity index (χ1v) is 5.75. The van der Waals surface area contributed by atoms with Gasteiger partial charge in [-0.15, -0.1) is 0 Å². The Morgan fingerprint density at radius 3 is 2.61 bits per heavy atom. The summed E-state index contributed by atoms with van der Waals surface area (Å²) in [4.78, 5) is 11.8. The molecule has 5 nitrogen and oxygen atoms in total. The van der Waals surface area contributed by atoms with Crippen LogP contribution < -0.4 is 14.8 Å². The van der Waals surface area contributed by atoms with Gasteiger partial charge in [0, 0.05) is 12.1 Å². The third-order valence-electron chi connectivity index (χ3n) is 2.25. The Bertz CT molecular complexity index is 434. The molecule has 0 radical (unpaired) electrons. The molecule has 1 unspecified atom stereocenters. The van der Waals surface area contributed by atoms with Gasteiger partial charge < -0.3 is 19.9 Å². The van der Waals surface area contributed by atoms with E-state index in [0.29, 0.717) is 22.1 Å². The first-order valence-electron chi connectivity index (χ1n) is 5.37. The van der Waals surface area contributed by atoms with Crippen LogP contribution in [0.3, 0.4) is 0 Å². The highest BCUT2D eigenvalue weighted by Gasteiger charge is 2.15. The van der Waals surface area contributed by atoms with Crippen molar-refractivity contribution < 1.29 is 19.4 Å². The van der Waals surface area contributed by atoms with Gasteiger partial charge in [0.2, 0.25) is 0 Å². The van der Waals surface area contributed by atoms with Crippen molar-refractivity contribution in [2.45, 2.75) is 13.0 Å². The monoisotopic (exact) mass is 273 g/mol. The number of carbonyl (C=O) groups excluding carboxylic acids is 1. The number of aliphatic hydroxyl groups excluding tert-OH is 1. The lowest BCUT2D eigenvalue weighted by molar-refractivity contribution is 0.0923. The Balaban J connectivity index is 2.97. The van der Waals surface area contributed by atoms with Crippen LogP contribution >= 0.6 is 11.6 Å². The van der Waals surface area contributed by atoms with Crippen LogP contribution in [0.5, 0.6) is 11.5 Å². The molecule has 100 valence electrons. The lowest BCUT2D eigenvalue weighted by atomic mass is 10.2. The fourth-order valence-corrected chi connectivity index (χ4v) is 1.68.